The molecule has 2 aromatic rings. The Kier molecular flexibility index (Phi) is 6.39. The van der Waals surface area contributed by atoms with Gasteiger partial charge in [0.25, 0.3) is 0 Å². The van der Waals surface area contributed by atoms with Gasteiger partial charge >= 0.3 is 0 Å². The van der Waals surface area contributed by atoms with E-state index in [4.69, 9.17) is 9.66 Å². The molecule has 3 rings (SSSR count). The Hall–Kier alpha value is -1.86. The van der Waals surface area contributed by atoms with E-state index >= 15 is 0 Å². The first-order valence-electron chi connectivity index (χ1n) is 9.22. The van der Waals surface area contributed by atoms with E-state index in [1.165, 1.54) is 28.6 Å². The number of piperazine rings is 1. The first kappa shape index (κ1) is 21.8. The quantitative estimate of drug-likeness (QED) is 0.649. The summed E-state index contributed by atoms with van der Waals surface area (Å²) < 4.78 is 54.9. The number of hydrogen-bond acceptors (Lipinski definition) is 8. The molecule has 0 amide bonds. The topological polar surface area (TPSA) is 140 Å². The van der Waals surface area contributed by atoms with Crippen LogP contribution in [-0.2, 0) is 33.0 Å². The van der Waals surface area contributed by atoms with Gasteiger partial charge in [0.05, 0.1) is 16.3 Å². The van der Waals surface area contributed by atoms with E-state index in [0.29, 0.717) is 50.4 Å². The van der Waals surface area contributed by atoms with E-state index in [1.807, 2.05) is 0 Å². The number of rotatable bonds is 7. The lowest BCUT2D eigenvalue weighted by atomic mass is 10.1. The van der Waals surface area contributed by atoms with Crippen molar-refractivity contribution >= 4 is 20.0 Å². The van der Waals surface area contributed by atoms with Crippen LogP contribution in [0, 0.1) is 5.92 Å². The summed E-state index contributed by atoms with van der Waals surface area (Å²) in [5.74, 6) is 1.63. The second kappa shape index (κ2) is 8.48. The summed E-state index contributed by atoms with van der Waals surface area (Å²) in [5.41, 5.74) is 0. The summed E-state index contributed by atoms with van der Waals surface area (Å²) in [7, 11) is -7.58. The normalized spacial score (nSPS) is 17.1. The van der Waals surface area contributed by atoms with Gasteiger partial charge in [0.15, 0.2) is 5.82 Å². The molecule has 2 N–H and O–H groups in total. The van der Waals surface area contributed by atoms with E-state index in [0.717, 1.165) is 6.42 Å². The van der Waals surface area contributed by atoms with Gasteiger partial charge in [0.2, 0.25) is 25.9 Å². The van der Waals surface area contributed by atoms with Crippen LogP contribution in [0.15, 0.2) is 38.6 Å². The van der Waals surface area contributed by atoms with Crippen LogP contribution in [0.3, 0.4) is 0 Å². The van der Waals surface area contributed by atoms with Crippen LogP contribution in [0.2, 0.25) is 0 Å². The van der Waals surface area contributed by atoms with Crippen molar-refractivity contribution in [3.63, 3.8) is 0 Å². The van der Waals surface area contributed by atoms with Crippen LogP contribution in [0.25, 0.3) is 0 Å². The summed E-state index contributed by atoms with van der Waals surface area (Å²) in [5, 5.41) is 9.04. The van der Waals surface area contributed by atoms with Crippen molar-refractivity contribution in [1.82, 2.24) is 19.3 Å². The minimum atomic E-state index is -3.87. The average Bonchev–Trinajstić information content (AvgIpc) is 3.07. The predicted molar refractivity (Wildman–Crippen MR) is 105 cm³/mol. The van der Waals surface area contributed by atoms with Gasteiger partial charge in [0.1, 0.15) is 0 Å². The smallest absolute Gasteiger partial charge is 0.243 e. The highest BCUT2D eigenvalue weighted by molar-refractivity contribution is 7.89. The van der Waals surface area contributed by atoms with Crippen molar-refractivity contribution in [3.8, 4) is 0 Å². The summed E-state index contributed by atoms with van der Waals surface area (Å²) in [4.78, 5) is 6.36. The second-order valence-electron chi connectivity index (χ2n) is 7.40. The Bertz CT molecular complexity index is 1040. The zero-order chi connectivity index (χ0) is 21.2. The van der Waals surface area contributed by atoms with Crippen LogP contribution >= 0.6 is 0 Å². The Morgan fingerprint density at radius 1 is 1.03 bits per heavy atom. The Morgan fingerprint density at radius 3 is 2.17 bits per heavy atom. The molecule has 0 aliphatic carbocycles. The number of aromatic nitrogens is 2. The molecule has 0 saturated carbocycles. The minimum Gasteiger partial charge on any atom is -0.339 e. The largest absolute Gasteiger partial charge is 0.339 e. The Balaban J connectivity index is 1.60. The highest BCUT2D eigenvalue weighted by Gasteiger charge is 2.29. The highest BCUT2D eigenvalue weighted by atomic mass is 32.2. The molecule has 12 heteroatoms. The number of hydrogen-bond donors (Lipinski definition) is 1. The maximum atomic E-state index is 12.8. The molecule has 0 bridgehead atoms. The van der Waals surface area contributed by atoms with E-state index in [9.17, 15) is 16.8 Å². The van der Waals surface area contributed by atoms with Gasteiger partial charge in [-0.2, -0.15) is 9.29 Å². The molecule has 29 heavy (non-hydrogen) atoms. The third-order valence-corrected chi connectivity index (χ3v) is 7.42. The SMILES string of the molecule is CC(C)Cc1nc(CN2CCN(S(=O)(=O)c3ccc(S(N)(=O)=O)cc3)CC2)no1. The Morgan fingerprint density at radius 2 is 1.62 bits per heavy atom. The first-order chi connectivity index (χ1) is 13.6. The third-order valence-electron chi connectivity index (χ3n) is 4.58. The van der Waals surface area contributed by atoms with E-state index in [1.54, 1.807) is 0 Å². The maximum Gasteiger partial charge on any atom is 0.243 e. The van der Waals surface area contributed by atoms with Gasteiger partial charge < -0.3 is 4.52 Å². The molecule has 10 nitrogen and oxygen atoms in total. The molecular weight excluding hydrogens is 418 g/mol. The van der Waals surface area contributed by atoms with E-state index < -0.39 is 20.0 Å². The molecule has 1 aliphatic rings. The van der Waals surface area contributed by atoms with Crippen LogP contribution in [-0.4, -0.2) is 62.4 Å². The lowest BCUT2D eigenvalue weighted by Crippen LogP contribution is -2.48. The number of nitrogens with zero attached hydrogens (tertiary/aromatic N) is 4. The zero-order valence-electron chi connectivity index (χ0n) is 16.4. The minimum absolute atomic E-state index is 0.0369. The molecule has 160 valence electrons. The van der Waals surface area contributed by atoms with Gasteiger partial charge in [-0.25, -0.2) is 22.0 Å². The molecule has 1 aromatic carbocycles. The molecule has 0 spiro atoms. The fourth-order valence-electron chi connectivity index (χ4n) is 3.06. The fraction of sp³-hybridized carbons (Fsp3) is 0.529. The van der Waals surface area contributed by atoms with Gasteiger partial charge in [-0.3, -0.25) is 4.90 Å². The van der Waals surface area contributed by atoms with Crippen LogP contribution in [0.1, 0.15) is 25.6 Å². The first-order valence-corrected chi connectivity index (χ1v) is 12.2. The molecule has 0 radical (unpaired) electrons. The maximum absolute atomic E-state index is 12.8. The lowest BCUT2D eigenvalue weighted by Gasteiger charge is -2.33. The number of sulfonamides is 2. The molecule has 1 saturated heterocycles. The molecular formula is C17H25N5O5S2. The average molecular weight is 444 g/mol. The highest BCUT2D eigenvalue weighted by Crippen LogP contribution is 2.20. The van der Waals surface area contributed by atoms with Crippen molar-refractivity contribution < 1.29 is 21.4 Å². The van der Waals surface area contributed by atoms with Crippen molar-refractivity contribution in [2.45, 2.75) is 36.6 Å². The molecule has 1 aromatic heterocycles. The second-order valence-corrected chi connectivity index (χ2v) is 10.9. The summed E-state index contributed by atoms with van der Waals surface area (Å²) >= 11 is 0. The predicted octanol–water partition coefficient (Wildman–Crippen LogP) is 0.422. The van der Waals surface area contributed by atoms with Crippen LogP contribution in [0.5, 0.6) is 0 Å². The number of primary sulfonamides is 1. The van der Waals surface area contributed by atoms with E-state index in [2.05, 4.69) is 28.9 Å². The number of nitrogens with two attached hydrogens (primary N) is 1. The summed E-state index contributed by atoms with van der Waals surface area (Å²) in [6, 6.07) is 4.92. The molecule has 2 heterocycles. The van der Waals surface area contributed by atoms with E-state index in [-0.39, 0.29) is 9.79 Å². The molecule has 1 fully saturated rings. The van der Waals surface area contributed by atoms with Crippen molar-refractivity contribution in [2.24, 2.45) is 11.1 Å². The summed E-state index contributed by atoms with van der Waals surface area (Å²) in [6.07, 6.45) is 0.725. The van der Waals surface area contributed by atoms with Gasteiger partial charge in [0, 0.05) is 32.6 Å². The molecule has 1 aliphatic heterocycles. The van der Waals surface area contributed by atoms with Gasteiger partial charge in [-0.05, 0) is 30.2 Å². The molecule has 0 unspecified atom stereocenters. The number of benzene rings is 1. The standard InChI is InChI=1S/C17H25N5O5S2/c1-13(2)11-17-19-16(20-27-17)12-21-7-9-22(10-8-21)29(25,26)15-5-3-14(4-6-15)28(18,23)24/h3-6,13H,7-12H2,1-2H3,(H2,18,23,24). The summed E-state index contributed by atoms with van der Waals surface area (Å²) in [6.45, 7) is 6.34. The molecule has 0 atom stereocenters. The van der Waals surface area contributed by atoms with Crippen molar-refractivity contribution in [1.29, 1.82) is 0 Å². The van der Waals surface area contributed by atoms with Crippen molar-refractivity contribution in [3.05, 3.63) is 36.0 Å². The zero-order valence-corrected chi connectivity index (χ0v) is 18.0. The van der Waals surface area contributed by atoms with Crippen LogP contribution in [0.4, 0.5) is 0 Å². The van der Waals surface area contributed by atoms with Gasteiger partial charge in [-0.15, -0.1) is 0 Å². The fourth-order valence-corrected chi connectivity index (χ4v) is 5.00. The lowest BCUT2D eigenvalue weighted by molar-refractivity contribution is 0.176. The van der Waals surface area contributed by atoms with Gasteiger partial charge in [-0.1, -0.05) is 19.0 Å². The van der Waals surface area contributed by atoms with Crippen LogP contribution < -0.4 is 5.14 Å². The monoisotopic (exact) mass is 443 g/mol. The Labute approximate surface area is 170 Å². The van der Waals surface area contributed by atoms with Crippen molar-refractivity contribution in [2.75, 3.05) is 26.2 Å². The third kappa shape index (κ3) is 5.39.